The van der Waals surface area contributed by atoms with Crippen LogP contribution in [0.4, 0.5) is 5.69 Å². The molecule has 0 amide bonds. The predicted octanol–water partition coefficient (Wildman–Crippen LogP) is 2.44. The minimum atomic E-state index is -2.94. The van der Waals surface area contributed by atoms with Gasteiger partial charge in [0, 0.05) is 18.0 Å². The first-order chi connectivity index (χ1) is 7.40. The second kappa shape index (κ2) is 5.34. The highest BCUT2D eigenvalue weighted by Gasteiger charge is 2.04. The highest BCUT2D eigenvalue weighted by Crippen LogP contribution is 2.13. The summed E-state index contributed by atoms with van der Waals surface area (Å²) in [5.74, 6) is 0.108. The molecule has 1 aromatic carbocycles. The van der Waals surface area contributed by atoms with E-state index in [2.05, 4.69) is 19.2 Å². The van der Waals surface area contributed by atoms with Crippen molar-refractivity contribution in [2.75, 3.05) is 11.6 Å². The minimum Gasteiger partial charge on any atom is -0.383 e. The van der Waals surface area contributed by atoms with Gasteiger partial charge in [-0.05, 0) is 31.0 Å². The molecule has 1 rings (SSSR count). The van der Waals surface area contributed by atoms with E-state index in [1.807, 2.05) is 24.3 Å². The number of hydrogen-bond donors (Lipinski definition) is 1. The highest BCUT2D eigenvalue weighted by atomic mass is 32.2. The van der Waals surface area contributed by atoms with E-state index in [0.29, 0.717) is 6.04 Å². The van der Waals surface area contributed by atoms with Crippen molar-refractivity contribution < 1.29 is 8.42 Å². The lowest BCUT2D eigenvalue weighted by Gasteiger charge is -2.13. The molecule has 0 saturated heterocycles. The molecule has 0 aliphatic rings. The maximum atomic E-state index is 11.1. The Kier molecular flexibility index (Phi) is 4.35. The van der Waals surface area contributed by atoms with Crippen LogP contribution in [0.1, 0.15) is 25.8 Å². The SMILES string of the molecule is CCC(C)Nc1ccc(CS(C)(=O)=O)cc1. The average Bonchev–Trinajstić information content (AvgIpc) is 2.18. The Morgan fingerprint density at radius 2 is 1.81 bits per heavy atom. The molecular weight excluding hydrogens is 222 g/mol. The number of benzene rings is 1. The van der Waals surface area contributed by atoms with Crippen LogP contribution in [0.3, 0.4) is 0 Å². The van der Waals surface area contributed by atoms with Crippen LogP contribution < -0.4 is 5.32 Å². The van der Waals surface area contributed by atoms with Gasteiger partial charge in [-0.3, -0.25) is 0 Å². The molecule has 0 heterocycles. The predicted molar refractivity (Wildman–Crippen MR) is 68.4 cm³/mol. The van der Waals surface area contributed by atoms with Gasteiger partial charge in [0.15, 0.2) is 9.84 Å². The van der Waals surface area contributed by atoms with Crippen molar-refractivity contribution >= 4 is 15.5 Å². The largest absolute Gasteiger partial charge is 0.383 e. The van der Waals surface area contributed by atoms with Gasteiger partial charge in [0.25, 0.3) is 0 Å². The number of rotatable bonds is 5. The Hall–Kier alpha value is -1.03. The van der Waals surface area contributed by atoms with E-state index >= 15 is 0 Å². The third kappa shape index (κ3) is 4.66. The molecule has 0 saturated carbocycles. The van der Waals surface area contributed by atoms with Crippen molar-refractivity contribution in [1.29, 1.82) is 0 Å². The van der Waals surface area contributed by atoms with Crippen LogP contribution in [-0.4, -0.2) is 20.7 Å². The summed E-state index contributed by atoms with van der Waals surface area (Å²) in [6, 6.07) is 7.98. The molecule has 1 atom stereocenters. The van der Waals surface area contributed by atoms with Crippen molar-refractivity contribution in [2.45, 2.75) is 32.1 Å². The first-order valence-corrected chi connectivity index (χ1v) is 7.50. The Labute approximate surface area is 97.8 Å². The fourth-order valence-corrected chi connectivity index (χ4v) is 2.18. The van der Waals surface area contributed by atoms with Gasteiger partial charge >= 0.3 is 0 Å². The lowest BCUT2D eigenvalue weighted by Crippen LogP contribution is -2.13. The number of nitrogens with one attached hydrogen (secondary N) is 1. The van der Waals surface area contributed by atoms with Crippen molar-refractivity contribution in [2.24, 2.45) is 0 Å². The van der Waals surface area contributed by atoms with Crippen LogP contribution in [0.25, 0.3) is 0 Å². The third-order valence-electron chi connectivity index (χ3n) is 2.41. The van der Waals surface area contributed by atoms with Crippen molar-refractivity contribution in [3.63, 3.8) is 0 Å². The highest BCUT2D eigenvalue weighted by molar-refractivity contribution is 7.89. The quantitative estimate of drug-likeness (QED) is 0.861. The van der Waals surface area contributed by atoms with E-state index in [-0.39, 0.29) is 5.75 Å². The molecule has 1 unspecified atom stereocenters. The topological polar surface area (TPSA) is 46.2 Å². The minimum absolute atomic E-state index is 0.108. The molecule has 0 radical (unpaired) electrons. The van der Waals surface area contributed by atoms with Crippen molar-refractivity contribution in [3.8, 4) is 0 Å². The fraction of sp³-hybridized carbons (Fsp3) is 0.500. The van der Waals surface area contributed by atoms with Crippen LogP contribution in [0.2, 0.25) is 0 Å². The van der Waals surface area contributed by atoms with E-state index < -0.39 is 9.84 Å². The summed E-state index contributed by atoms with van der Waals surface area (Å²) in [4.78, 5) is 0. The van der Waals surface area contributed by atoms with E-state index in [9.17, 15) is 8.42 Å². The van der Waals surface area contributed by atoms with Crippen LogP contribution in [0, 0.1) is 0 Å². The van der Waals surface area contributed by atoms with Gasteiger partial charge in [-0.15, -0.1) is 0 Å². The maximum absolute atomic E-state index is 11.1. The van der Waals surface area contributed by atoms with Gasteiger partial charge in [0.2, 0.25) is 0 Å². The number of anilines is 1. The summed E-state index contributed by atoms with van der Waals surface area (Å²) in [7, 11) is -2.94. The zero-order valence-electron chi connectivity index (χ0n) is 10.0. The average molecular weight is 241 g/mol. The molecule has 0 aliphatic carbocycles. The van der Waals surface area contributed by atoms with Gasteiger partial charge in [-0.1, -0.05) is 19.1 Å². The zero-order valence-corrected chi connectivity index (χ0v) is 10.8. The second-order valence-electron chi connectivity index (χ2n) is 4.22. The van der Waals surface area contributed by atoms with Crippen LogP contribution in [0.5, 0.6) is 0 Å². The second-order valence-corrected chi connectivity index (χ2v) is 6.36. The fourth-order valence-electron chi connectivity index (χ4n) is 1.39. The monoisotopic (exact) mass is 241 g/mol. The molecule has 0 bridgehead atoms. The summed E-state index contributed by atoms with van der Waals surface area (Å²) < 4.78 is 22.2. The molecule has 16 heavy (non-hydrogen) atoms. The summed E-state index contributed by atoms with van der Waals surface area (Å²) in [6.07, 6.45) is 2.31. The zero-order chi connectivity index (χ0) is 12.2. The smallest absolute Gasteiger partial charge is 0.151 e. The molecule has 90 valence electrons. The van der Waals surface area contributed by atoms with Gasteiger partial charge in [-0.25, -0.2) is 8.42 Å². The lowest BCUT2D eigenvalue weighted by atomic mass is 10.2. The summed E-state index contributed by atoms with van der Waals surface area (Å²) >= 11 is 0. The molecule has 0 aromatic heterocycles. The van der Waals surface area contributed by atoms with Gasteiger partial charge < -0.3 is 5.32 Å². The van der Waals surface area contributed by atoms with Crippen LogP contribution in [0.15, 0.2) is 24.3 Å². The maximum Gasteiger partial charge on any atom is 0.151 e. The summed E-state index contributed by atoms with van der Waals surface area (Å²) in [5, 5.41) is 3.33. The van der Waals surface area contributed by atoms with Crippen molar-refractivity contribution in [1.82, 2.24) is 0 Å². The summed E-state index contributed by atoms with van der Waals surface area (Å²) in [5.41, 5.74) is 1.86. The Balaban J connectivity index is 2.68. The Bertz CT molecular complexity index is 423. The van der Waals surface area contributed by atoms with E-state index in [1.54, 1.807) is 0 Å². The molecule has 3 nitrogen and oxygen atoms in total. The van der Waals surface area contributed by atoms with Gasteiger partial charge in [-0.2, -0.15) is 0 Å². The lowest BCUT2D eigenvalue weighted by molar-refractivity contribution is 0.601. The molecule has 0 spiro atoms. The van der Waals surface area contributed by atoms with E-state index in [0.717, 1.165) is 17.7 Å². The first-order valence-electron chi connectivity index (χ1n) is 5.44. The Morgan fingerprint density at radius 1 is 1.25 bits per heavy atom. The van der Waals surface area contributed by atoms with Crippen LogP contribution in [-0.2, 0) is 15.6 Å². The summed E-state index contributed by atoms with van der Waals surface area (Å²) in [6.45, 7) is 4.24. The van der Waals surface area contributed by atoms with Gasteiger partial charge in [0.1, 0.15) is 0 Å². The molecular formula is C12H19NO2S. The molecule has 0 fully saturated rings. The van der Waals surface area contributed by atoms with E-state index in [1.165, 1.54) is 6.26 Å². The third-order valence-corrected chi connectivity index (χ3v) is 3.27. The van der Waals surface area contributed by atoms with Crippen molar-refractivity contribution in [3.05, 3.63) is 29.8 Å². The van der Waals surface area contributed by atoms with Gasteiger partial charge in [0.05, 0.1) is 5.75 Å². The van der Waals surface area contributed by atoms with E-state index in [4.69, 9.17) is 0 Å². The molecule has 1 N–H and O–H groups in total. The number of hydrogen-bond acceptors (Lipinski definition) is 3. The molecule has 1 aromatic rings. The molecule has 4 heteroatoms. The molecule has 0 aliphatic heterocycles. The number of sulfone groups is 1. The van der Waals surface area contributed by atoms with Crippen LogP contribution >= 0.6 is 0 Å². The standard InChI is InChI=1S/C12H19NO2S/c1-4-10(2)13-12-7-5-11(6-8-12)9-16(3,14)15/h5-8,10,13H,4,9H2,1-3H3. The normalized spacial score (nSPS) is 13.4. The Morgan fingerprint density at radius 3 is 2.25 bits per heavy atom. The first kappa shape index (κ1) is 13.0.